The number of rotatable bonds is 10. The molecule has 1 heterocycles. The van der Waals surface area contributed by atoms with Crippen LogP contribution in [0.2, 0.25) is 0 Å². The van der Waals surface area contributed by atoms with Crippen molar-refractivity contribution < 1.29 is 23.7 Å². The fourth-order valence-electron chi connectivity index (χ4n) is 2.71. The van der Waals surface area contributed by atoms with Gasteiger partial charge in [0.1, 0.15) is 5.54 Å². The van der Waals surface area contributed by atoms with Crippen LogP contribution in [0.1, 0.15) is 27.2 Å². The molecule has 0 aromatic carbocycles. The second kappa shape index (κ2) is 8.98. The molecule has 1 rings (SSSR count). The number of hydrogen-bond acceptors (Lipinski definition) is 4. The Morgan fingerprint density at radius 3 is 2.33 bits per heavy atom. The predicted molar refractivity (Wildman–Crippen MR) is 102 cm³/mol. The van der Waals surface area contributed by atoms with Crippen molar-refractivity contribution in [2.75, 3.05) is 46.8 Å². The summed E-state index contributed by atoms with van der Waals surface area (Å²) in [6.45, 7) is 10.4. The van der Waals surface area contributed by atoms with Crippen molar-refractivity contribution in [3.05, 3.63) is 12.2 Å². The molecule has 0 radical (unpaired) electrons. The van der Waals surface area contributed by atoms with Crippen molar-refractivity contribution in [3.8, 4) is 0 Å². The molecular formula is C18H32N5O4+. The van der Waals surface area contributed by atoms with Gasteiger partial charge in [-0.3, -0.25) is 19.3 Å². The highest BCUT2D eigenvalue weighted by molar-refractivity contribution is 6.06. The van der Waals surface area contributed by atoms with Crippen LogP contribution in [0, 0.1) is 0 Å². The molecule has 0 aromatic rings. The van der Waals surface area contributed by atoms with E-state index in [0.717, 1.165) is 11.3 Å². The van der Waals surface area contributed by atoms with Crippen LogP contribution in [-0.4, -0.2) is 85.5 Å². The van der Waals surface area contributed by atoms with Gasteiger partial charge in [0.05, 0.1) is 20.6 Å². The van der Waals surface area contributed by atoms with Crippen LogP contribution in [0.25, 0.3) is 0 Å². The monoisotopic (exact) mass is 382 g/mol. The van der Waals surface area contributed by atoms with Crippen LogP contribution < -0.4 is 16.0 Å². The van der Waals surface area contributed by atoms with Gasteiger partial charge in [-0.05, 0) is 20.8 Å². The molecule has 1 aliphatic heterocycles. The molecule has 0 bridgehead atoms. The Bertz CT molecular complexity index is 627. The van der Waals surface area contributed by atoms with E-state index in [9.17, 15) is 19.2 Å². The van der Waals surface area contributed by atoms with Crippen molar-refractivity contribution in [1.29, 1.82) is 0 Å². The van der Waals surface area contributed by atoms with Gasteiger partial charge in [-0.25, -0.2) is 4.79 Å². The molecule has 1 fully saturated rings. The number of nitrogens with zero attached hydrogens (tertiary/aromatic N) is 2. The number of hydrogen-bond donors (Lipinski definition) is 3. The molecule has 0 aliphatic carbocycles. The van der Waals surface area contributed by atoms with Gasteiger partial charge >= 0.3 is 6.03 Å². The Balaban J connectivity index is 2.30. The third-order valence-corrected chi connectivity index (χ3v) is 4.29. The third-order valence-electron chi connectivity index (χ3n) is 4.29. The number of imide groups is 1. The average Bonchev–Trinajstić information content (AvgIpc) is 2.72. The first kappa shape index (κ1) is 22.6. The number of amides is 5. The third kappa shape index (κ3) is 7.01. The lowest BCUT2D eigenvalue weighted by molar-refractivity contribution is -0.882. The highest BCUT2D eigenvalue weighted by Gasteiger charge is 2.43. The zero-order valence-electron chi connectivity index (χ0n) is 17.0. The van der Waals surface area contributed by atoms with Gasteiger partial charge in [-0.2, -0.15) is 0 Å². The highest BCUT2D eigenvalue weighted by Crippen LogP contribution is 2.15. The van der Waals surface area contributed by atoms with Crippen LogP contribution in [-0.2, 0) is 14.4 Å². The molecule has 152 valence electrons. The first-order valence-electron chi connectivity index (χ1n) is 9.02. The zero-order chi connectivity index (χ0) is 20.8. The minimum absolute atomic E-state index is 0.139. The largest absolute Gasteiger partial charge is 0.352 e. The number of quaternary nitrogens is 1. The molecule has 0 saturated carbocycles. The lowest BCUT2D eigenvalue weighted by Gasteiger charge is -2.29. The normalized spacial score (nSPS) is 16.1. The van der Waals surface area contributed by atoms with Crippen molar-refractivity contribution in [2.45, 2.75) is 32.7 Å². The summed E-state index contributed by atoms with van der Waals surface area (Å²) in [5, 5.41) is 8.11. The second-order valence-corrected chi connectivity index (χ2v) is 8.07. The topological polar surface area (TPSA) is 108 Å². The van der Waals surface area contributed by atoms with E-state index < -0.39 is 11.6 Å². The summed E-state index contributed by atoms with van der Waals surface area (Å²) in [7, 11) is 3.86. The Morgan fingerprint density at radius 2 is 1.81 bits per heavy atom. The van der Waals surface area contributed by atoms with Gasteiger partial charge < -0.3 is 20.4 Å². The lowest BCUT2D eigenvalue weighted by atomic mass is 10.1. The summed E-state index contributed by atoms with van der Waals surface area (Å²) in [4.78, 5) is 48.5. The number of carbonyl (C=O) groups is 4. The van der Waals surface area contributed by atoms with Crippen LogP contribution in [0.5, 0.6) is 0 Å². The summed E-state index contributed by atoms with van der Waals surface area (Å²) < 4.78 is 0.463. The molecule has 0 unspecified atom stereocenters. The fourth-order valence-corrected chi connectivity index (χ4v) is 2.71. The first-order chi connectivity index (χ1) is 12.4. The summed E-state index contributed by atoms with van der Waals surface area (Å²) >= 11 is 0. The van der Waals surface area contributed by atoms with Gasteiger partial charge in [-0.1, -0.05) is 6.58 Å². The van der Waals surface area contributed by atoms with Gasteiger partial charge in [0.2, 0.25) is 5.91 Å². The summed E-state index contributed by atoms with van der Waals surface area (Å²) in [6.07, 6.45) is 0.733. The van der Waals surface area contributed by atoms with E-state index in [1.165, 1.54) is 0 Å². The maximum atomic E-state index is 12.1. The van der Waals surface area contributed by atoms with E-state index in [1.807, 2.05) is 14.1 Å². The maximum Gasteiger partial charge on any atom is 0.325 e. The van der Waals surface area contributed by atoms with E-state index in [0.29, 0.717) is 23.1 Å². The van der Waals surface area contributed by atoms with E-state index in [2.05, 4.69) is 22.5 Å². The Labute approximate surface area is 160 Å². The molecule has 1 saturated heterocycles. The van der Waals surface area contributed by atoms with Crippen LogP contribution in [0.4, 0.5) is 4.79 Å². The standard InChI is InChI=1S/C18H31N5O4/c1-13(2)15(25)20-8-7-11-23(5,6)12-14(24)19-9-10-22-16(26)18(3,4)21-17(22)27/h1,7-12H2,2-6H3,(H2-,19,20,21,24,25,27)/p+1. The number of nitrogens with one attached hydrogen (secondary N) is 3. The molecule has 0 spiro atoms. The van der Waals surface area contributed by atoms with E-state index in [-0.39, 0.29) is 37.4 Å². The number of likely N-dealkylation sites (N-methyl/N-ethyl adjacent to an activating group) is 1. The van der Waals surface area contributed by atoms with Gasteiger partial charge in [0, 0.05) is 31.6 Å². The molecule has 0 aromatic heterocycles. The fraction of sp³-hybridized carbons (Fsp3) is 0.667. The lowest BCUT2D eigenvalue weighted by Crippen LogP contribution is -2.49. The molecule has 27 heavy (non-hydrogen) atoms. The van der Waals surface area contributed by atoms with Gasteiger partial charge in [-0.15, -0.1) is 0 Å². The Kier molecular flexibility index (Phi) is 7.53. The molecule has 9 heteroatoms. The van der Waals surface area contributed by atoms with E-state index in [1.54, 1.807) is 20.8 Å². The molecule has 0 atom stereocenters. The van der Waals surface area contributed by atoms with Gasteiger partial charge in [0.25, 0.3) is 11.8 Å². The Hall–Kier alpha value is -2.42. The molecule has 3 N–H and O–H groups in total. The summed E-state index contributed by atoms with van der Waals surface area (Å²) in [5.74, 6) is -0.617. The van der Waals surface area contributed by atoms with E-state index >= 15 is 0 Å². The summed E-state index contributed by atoms with van der Waals surface area (Å²) in [6, 6.07) is -0.438. The average molecular weight is 382 g/mol. The van der Waals surface area contributed by atoms with E-state index in [4.69, 9.17) is 0 Å². The molecule has 1 aliphatic rings. The first-order valence-corrected chi connectivity index (χ1v) is 9.02. The summed E-state index contributed by atoms with van der Waals surface area (Å²) in [5.41, 5.74) is -0.434. The molecule has 9 nitrogen and oxygen atoms in total. The smallest absolute Gasteiger partial charge is 0.325 e. The zero-order valence-corrected chi connectivity index (χ0v) is 17.0. The second-order valence-electron chi connectivity index (χ2n) is 8.07. The SMILES string of the molecule is C=C(C)C(=O)NCCC[N+](C)(C)CC(=O)NCCN1C(=O)NC(C)(C)C1=O. The minimum Gasteiger partial charge on any atom is -0.352 e. The minimum atomic E-state index is -0.903. The maximum absolute atomic E-state index is 12.1. The molecule has 5 amide bonds. The number of urea groups is 1. The van der Waals surface area contributed by atoms with Crippen molar-refractivity contribution in [3.63, 3.8) is 0 Å². The van der Waals surface area contributed by atoms with Crippen molar-refractivity contribution in [1.82, 2.24) is 20.9 Å². The van der Waals surface area contributed by atoms with Crippen LogP contribution in [0.15, 0.2) is 12.2 Å². The predicted octanol–water partition coefficient (Wildman–Crippen LogP) is -0.408. The Morgan fingerprint density at radius 1 is 1.19 bits per heavy atom. The molecular weight excluding hydrogens is 350 g/mol. The van der Waals surface area contributed by atoms with Crippen molar-refractivity contribution in [2.24, 2.45) is 0 Å². The van der Waals surface area contributed by atoms with Crippen LogP contribution >= 0.6 is 0 Å². The quantitative estimate of drug-likeness (QED) is 0.207. The highest BCUT2D eigenvalue weighted by atomic mass is 16.2. The van der Waals surface area contributed by atoms with Gasteiger partial charge in [0.15, 0.2) is 6.54 Å². The van der Waals surface area contributed by atoms with Crippen LogP contribution in [0.3, 0.4) is 0 Å². The number of carbonyl (C=O) groups excluding carboxylic acids is 4. The van der Waals surface area contributed by atoms with Crippen molar-refractivity contribution >= 4 is 23.8 Å².